The predicted molar refractivity (Wildman–Crippen MR) is 192 cm³/mol. The summed E-state index contributed by atoms with van der Waals surface area (Å²) in [6, 6.07) is 2.79. The molecule has 3 unspecified atom stereocenters. The molecule has 4 atom stereocenters. The van der Waals surface area contributed by atoms with Gasteiger partial charge in [0, 0.05) is 35.3 Å². The number of alkyl halides is 4. The van der Waals surface area contributed by atoms with Crippen LogP contribution in [0.5, 0.6) is 11.9 Å². The average Bonchev–Trinajstić information content (AvgIpc) is 3.83. The Morgan fingerprint density at radius 2 is 1.96 bits per heavy atom. The minimum Gasteiger partial charge on any atom is -0.475 e. The van der Waals surface area contributed by atoms with Crippen LogP contribution in [0.3, 0.4) is 0 Å². The molecule has 3 N–H and O–H groups in total. The van der Waals surface area contributed by atoms with Crippen LogP contribution in [0.1, 0.15) is 68.3 Å². The third-order valence-electron chi connectivity index (χ3n) is 10.2. The van der Waals surface area contributed by atoms with Gasteiger partial charge in [-0.1, -0.05) is 12.2 Å². The summed E-state index contributed by atoms with van der Waals surface area (Å²) in [6.45, 7) is 8.85. The molecule has 0 spiro atoms. The summed E-state index contributed by atoms with van der Waals surface area (Å²) < 4.78 is 84.2. The second-order valence-electron chi connectivity index (χ2n) is 13.7. The number of nitrogen functional groups attached to an aromatic ring is 1. The number of H-pyrrole nitrogens is 1. The van der Waals surface area contributed by atoms with Gasteiger partial charge in [0.1, 0.15) is 41.0 Å². The lowest BCUT2D eigenvalue weighted by Crippen LogP contribution is -2.39. The lowest BCUT2D eigenvalue weighted by Gasteiger charge is -2.35. The summed E-state index contributed by atoms with van der Waals surface area (Å²) in [5.41, 5.74) is 5.59. The normalized spacial score (nSPS) is 20.7. The van der Waals surface area contributed by atoms with Crippen LogP contribution in [-0.2, 0) is 6.18 Å². The minimum absolute atomic E-state index is 0.0408. The highest BCUT2D eigenvalue weighted by Gasteiger charge is 2.40. The van der Waals surface area contributed by atoms with Crippen molar-refractivity contribution in [3.63, 3.8) is 0 Å². The number of aromatic amines is 1. The molecule has 0 aliphatic carbocycles. The summed E-state index contributed by atoms with van der Waals surface area (Å²) in [5.74, 6) is -0.688. The van der Waals surface area contributed by atoms with Gasteiger partial charge in [0.15, 0.2) is 5.82 Å². The number of ether oxygens (including phenoxy) is 2. The zero-order chi connectivity index (χ0) is 37.8. The molecule has 3 aliphatic heterocycles. The van der Waals surface area contributed by atoms with Crippen LogP contribution in [-0.4, -0.2) is 80.1 Å². The maximum absolute atomic E-state index is 16.7. The fraction of sp³-hybridized carbons (Fsp3) is 0.432. The van der Waals surface area contributed by atoms with Gasteiger partial charge >= 0.3 is 12.2 Å². The number of rotatable bonds is 5. The molecule has 0 bridgehead atoms. The van der Waals surface area contributed by atoms with Crippen molar-refractivity contribution < 1.29 is 31.4 Å². The monoisotopic (exact) mass is 737 g/mol. The number of hydrogen-bond acceptors (Lipinski definition) is 10. The molecular formula is C37H40F5N9O2. The van der Waals surface area contributed by atoms with E-state index in [1.165, 1.54) is 39.1 Å². The van der Waals surface area contributed by atoms with Gasteiger partial charge < -0.3 is 20.1 Å². The Labute approximate surface area is 302 Å². The van der Waals surface area contributed by atoms with Crippen molar-refractivity contribution in [3.05, 3.63) is 58.7 Å². The summed E-state index contributed by atoms with van der Waals surface area (Å²) in [7, 11) is 1.32. The van der Waals surface area contributed by atoms with Gasteiger partial charge in [-0.05, 0) is 76.8 Å². The smallest absolute Gasteiger partial charge is 0.417 e. The van der Waals surface area contributed by atoms with Crippen LogP contribution in [0.15, 0.2) is 30.6 Å². The second kappa shape index (κ2) is 14.0. The molecule has 4 aromatic heterocycles. The van der Waals surface area contributed by atoms with E-state index in [9.17, 15) is 17.6 Å². The topological polar surface area (TPSA) is 131 Å². The number of methoxy groups -OCH3 is 1. The van der Waals surface area contributed by atoms with Gasteiger partial charge in [-0.15, -0.1) is 0 Å². The lowest BCUT2D eigenvalue weighted by atomic mass is 9.94. The first-order chi connectivity index (χ1) is 25.3. The Bertz CT molecular complexity index is 2200. The molecule has 11 nitrogen and oxygen atoms in total. The molecule has 5 aromatic rings. The molecule has 3 aliphatic rings. The molecule has 0 amide bonds. The largest absolute Gasteiger partial charge is 0.475 e. The van der Waals surface area contributed by atoms with Crippen LogP contribution in [0.4, 0.5) is 33.6 Å². The van der Waals surface area contributed by atoms with Gasteiger partial charge in [-0.25, -0.2) is 18.7 Å². The second-order valence-corrected chi connectivity index (χ2v) is 13.7. The van der Waals surface area contributed by atoms with Crippen LogP contribution < -0.4 is 20.1 Å². The molecule has 53 heavy (non-hydrogen) atoms. The summed E-state index contributed by atoms with van der Waals surface area (Å²) >= 11 is 0. The van der Waals surface area contributed by atoms with E-state index >= 15 is 4.39 Å². The van der Waals surface area contributed by atoms with E-state index in [-0.39, 0.29) is 52.2 Å². The van der Waals surface area contributed by atoms with Crippen molar-refractivity contribution in [1.82, 2.24) is 35.0 Å². The minimum atomic E-state index is -4.83. The SMILES string of the molecule is C/C=C/c1cnc(N)c(C(C)N2c3nc(OC)nc4c(F)c(-c5c(C(F)(F)F)c(C)cc6[nH]ncc56)nc(c34)OC[C@@H]2C)c1.FC1CC2CCCN2C1. The van der Waals surface area contributed by atoms with Crippen LogP contribution >= 0.6 is 0 Å². The first-order valence-corrected chi connectivity index (χ1v) is 17.5. The molecule has 2 saturated heterocycles. The summed E-state index contributed by atoms with van der Waals surface area (Å²) in [5, 5.41) is 6.70. The van der Waals surface area contributed by atoms with Crippen molar-refractivity contribution in [2.24, 2.45) is 0 Å². The Morgan fingerprint density at radius 1 is 1.17 bits per heavy atom. The maximum atomic E-state index is 16.7. The van der Waals surface area contributed by atoms with Crippen LogP contribution in [0, 0.1) is 12.7 Å². The summed E-state index contributed by atoms with van der Waals surface area (Å²) in [6.07, 6.45) is 4.61. The number of anilines is 2. The fourth-order valence-corrected chi connectivity index (χ4v) is 7.85. The van der Waals surface area contributed by atoms with Crippen molar-refractivity contribution in [1.29, 1.82) is 0 Å². The van der Waals surface area contributed by atoms with Crippen LogP contribution in [0.2, 0.25) is 0 Å². The van der Waals surface area contributed by atoms with Crippen LogP contribution in [0.25, 0.3) is 39.1 Å². The van der Waals surface area contributed by atoms with Crippen molar-refractivity contribution in [2.75, 3.05) is 37.4 Å². The van der Waals surface area contributed by atoms with Crippen molar-refractivity contribution >= 4 is 39.5 Å². The van der Waals surface area contributed by atoms with E-state index in [0.29, 0.717) is 29.5 Å². The van der Waals surface area contributed by atoms with E-state index in [1.54, 1.807) is 6.20 Å². The highest BCUT2D eigenvalue weighted by Crippen LogP contribution is 2.47. The Hall–Kier alpha value is -5.12. The Balaban J connectivity index is 0.000000418. The van der Waals surface area contributed by atoms with Gasteiger partial charge in [0.05, 0.1) is 36.5 Å². The number of fused-ring (bicyclic) bond motifs is 2. The number of aromatic nitrogens is 6. The van der Waals surface area contributed by atoms with Gasteiger partial charge in [0.25, 0.3) is 0 Å². The molecule has 2 fully saturated rings. The highest BCUT2D eigenvalue weighted by molar-refractivity contribution is 6.02. The molecule has 0 saturated carbocycles. The number of hydrogen-bond donors (Lipinski definition) is 2. The number of halogens is 5. The molecule has 1 aromatic carbocycles. The first-order valence-electron chi connectivity index (χ1n) is 17.5. The van der Waals surface area contributed by atoms with Crippen molar-refractivity contribution in [2.45, 2.75) is 77.4 Å². The third kappa shape index (κ3) is 6.57. The highest BCUT2D eigenvalue weighted by atomic mass is 19.4. The standard InChI is InChI=1S/C30H28F4N8O2.C7H12FN/c1-6-7-16-9-17(26(35)36-10-16)15(4)42-14(3)12-44-28-21-25(39-29(43-5)40-27(21)42)23(31)24(38-28)20-18-11-37-41-19(18)8-13(2)22(20)30(32,33)34;8-6-4-7-2-1-3-9(7)5-6/h6-11,14-15H,12H2,1-5H3,(H2,35,36)(H,37,41);6-7H,1-5H2/b7-6+;/t14-,15?;/m0./s1. The molecular weight excluding hydrogens is 697 g/mol. The van der Waals surface area contributed by atoms with Gasteiger partial charge in [0.2, 0.25) is 5.88 Å². The van der Waals surface area contributed by atoms with E-state index in [1.807, 2.05) is 43.9 Å². The first kappa shape index (κ1) is 36.2. The van der Waals surface area contributed by atoms with E-state index in [0.717, 1.165) is 18.5 Å². The van der Waals surface area contributed by atoms with E-state index in [2.05, 4.69) is 35.0 Å². The lowest BCUT2D eigenvalue weighted by molar-refractivity contribution is -0.137. The molecule has 280 valence electrons. The zero-order valence-corrected chi connectivity index (χ0v) is 29.9. The number of nitrogens with one attached hydrogen (secondary N) is 1. The zero-order valence-electron chi connectivity index (χ0n) is 29.9. The predicted octanol–water partition coefficient (Wildman–Crippen LogP) is 7.59. The van der Waals surface area contributed by atoms with Crippen molar-refractivity contribution in [3.8, 4) is 23.1 Å². The number of benzene rings is 1. The van der Waals surface area contributed by atoms with Gasteiger partial charge in [-0.2, -0.15) is 28.2 Å². The number of nitrogens with two attached hydrogens (primary N) is 1. The number of pyridine rings is 2. The number of nitrogens with zero attached hydrogens (tertiary/aromatic N) is 7. The molecule has 0 radical (unpaired) electrons. The average molecular weight is 738 g/mol. The quantitative estimate of drug-likeness (QED) is 0.174. The molecule has 8 rings (SSSR count). The molecule has 7 heterocycles. The Kier molecular flexibility index (Phi) is 9.59. The number of aryl methyl sites for hydroxylation is 1. The summed E-state index contributed by atoms with van der Waals surface area (Å²) in [4.78, 5) is 21.7. The fourth-order valence-electron chi connectivity index (χ4n) is 7.85. The third-order valence-corrected chi connectivity index (χ3v) is 10.2. The maximum Gasteiger partial charge on any atom is 0.417 e. The van der Waals surface area contributed by atoms with E-state index in [4.69, 9.17) is 15.2 Å². The Morgan fingerprint density at radius 3 is 2.68 bits per heavy atom. The van der Waals surface area contributed by atoms with Gasteiger partial charge in [-0.3, -0.25) is 10.00 Å². The van der Waals surface area contributed by atoms with E-state index < -0.39 is 41.0 Å². The molecule has 16 heteroatoms. The number of allylic oxidation sites excluding steroid dienone is 1.